The van der Waals surface area contributed by atoms with Gasteiger partial charge in [0.25, 0.3) is 0 Å². The average molecular weight is 286 g/mol. The lowest BCUT2D eigenvalue weighted by atomic mass is 10.2. The van der Waals surface area contributed by atoms with E-state index in [1.807, 2.05) is 12.1 Å². The molecule has 20 heavy (non-hydrogen) atoms. The van der Waals surface area contributed by atoms with Crippen molar-refractivity contribution in [2.45, 2.75) is 6.42 Å². The van der Waals surface area contributed by atoms with Crippen molar-refractivity contribution in [3.05, 3.63) is 41.3 Å². The van der Waals surface area contributed by atoms with Crippen molar-refractivity contribution in [1.29, 1.82) is 5.26 Å². The summed E-state index contributed by atoms with van der Waals surface area (Å²) in [6.07, 6.45) is 1.94. The van der Waals surface area contributed by atoms with E-state index >= 15 is 0 Å². The fourth-order valence-corrected chi connectivity index (χ4v) is 1.90. The number of halogens is 1. The molecule has 2 aromatic heterocycles. The Morgan fingerprint density at radius 3 is 2.80 bits per heavy atom. The molecule has 0 unspecified atom stereocenters. The number of H-pyrrole nitrogens is 1. The number of hydrogen-bond acceptors (Lipinski definition) is 5. The summed E-state index contributed by atoms with van der Waals surface area (Å²) in [4.78, 5) is 8.04. The Morgan fingerprint density at radius 1 is 1.25 bits per heavy atom. The molecule has 0 aliphatic rings. The highest BCUT2D eigenvalue weighted by atomic mass is 35.5. The zero-order valence-corrected chi connectivity index (χ0v) is 10.9. The number of aromatic nitrogens is 4. The molecule has 0 fully saturated rings. The highest BCUT2D eigenvalue weighted by Gasteiger charge is 2.10. The van der Waals surface area contributed by atoms with Crippen LogP contribution in [0.25, 0.3) is 11.0 Å². The highest BCUT2D eigenvalue weighted by Crippen LogP contribution is 2.27. The monoisotopic (exact) mass is 285 g/mol. The SMILES string of the molecule is N#CCc1ccc(Oc2nc(Cl)nc3[nH]ncc23)cc1. The van der Waals surface area contributed by atoms with Gasteiger partial charge in [0.15, 0.2) is 5.65 Å². The lowest BCUT2D eigenvalue weighted by molar-refractivity contribution is 0.468. The van der Waals surface area contributed by atoms with Gasteiger partial charge >= 0.3 is 0 Å². The summed E-state index contributed by atoms with van der Waals surface area (Å²) in [5.74, 6) is 0.936. The Labute approximate surface area is 119 Å². The molecule has 0 saturated heterocycles. The van der Waals surface area contributed by atoms with Crippen molar-refractivity contribution >= 4 is 22.6 Å². The van der Waals surface area contributed by atoms with Crippen molar-refractivity contribution in [3.63, 3.8) is 0 Å². The number of nitriles is 1. The van der Waals surface area contributed by atoms with Gasteiger partial charge in [-0.2, -0.15) is 20.3 Å². The first-order chi connectivity index (χ1) is 9.76. The van der Waals surface area contributed by atoms with E-state index in [4.69, 9.17) is 21.6 Å². The number of nitrogens with one attached hydrogen (secondary N) is 1. The Bertz CT molecular complexity index is 791. The van der Waals surface area contributed by atoms with E-state index < -0.39 is 0 Å². The molecule has 7 heteroatoms. The van der Waals surface area contributed by atoms with E-state index in [2.05, 4.69) is 26.2 Å². The first-order valence-corrected chi connectivity index (χ1v) is 6.14. The second-order valence-corrected chi connectivity index (χ2v) is 4.35. The molecule has 0 spiro atoms. The molecule has 0 radical (unpaired) electrons. The third kappa shape index (κ3) is 2.39. The van der Waals surface area contributed by atoms with Gasteiger partial charge in [-0.3, -0.25) is 5.10 Å². The molecule has 0 aliphatic heterocycles. The number of ether oxygens (including phenoxy) is 1. The fourth-order valence-electron chi connectivity index (χ4n) is 1.74. The van der Waals surface area contributed by atoms with E-state index in [9.17, 15) is 0 Å². The zero-order chi connectivity index (χ0) is 13.9. The number of nitrogens with zero attached hydrogens (tertiary/aromatic N) is 4. The van der Waals surface area contributed by atoms with Gasteiger partial charge in [0.05, 0.1) is 18.7 Å². The molecule has 2 heterocycles. The number of hydrogen-bond donors (Lipinski definition) is 1. The third-order valence-electron chi connectivity index (χ3n) is 2.67. The standard InChI is InChI=1S/C13H8ClN5O/c14-13-17-11-10(7-16-19-11)12(18-13)20-9-3-1-8(2-4-9)5-6-15/h1-4,7H,5H2,(H,16,17,18,19). The summed E-state index contributed by atoms with van der Waals surface area (Å²) in [7, 11) is 0. The van der Waals surface area contributed by atoms with Crippen LogP contribution >= 0.6 is 11.6 Å². The summed E-state index contributed by atoms with van der Waals surface area (Å²) >= 11 is 5.83. The Morgan fingerprint density at radius 2 is 2.05 bits per heavy atom. The van der Waals surface area contributed by atoms with Crippen molar-refractivity contribution < 1.29 is 4.74 Å². The highest BCUT2D eigenvalue weighted by molar-refractivity contribution is 6.28. The summed E-state index contributed by atoms with van der Waals surface area (Å²) in [6, 6.07) is 9.29. The molecule has 0 saturated carbocycles. The summed E-state index contributed by atoms with van der Waals surface area (Å²) < 4.78 is 5.69. The molecule has 6 nitrogen and oxygen atoms in total. The van der Waals surface area contributed by atoms with Crippen molar-refractivity contribution in [3.8, 4) is 17.7 Å². The number of aromatic amines is 1. The fraction of sp³-hybridized carbons (Fsp3) is 0.0769. The smallest absolute Gasteiger partial charge is 0.234 e. The van der Waals surface area contributed by atoms with Gasteiger partial charge < -0.3 is 4.74 Å². The van der Waals surface area contributed by atoms with E-state index in [1.165, 1.54) is 0 Å². The van der Waals surface area contributed by atoms with Crippen LogP contribution in [0.5, 0.6) is 11.6 Å². The Balaban J connectivity index is 1.93. The predicted molar refractivity (Wildman–Crippen MR) is 72.5 cm³/mol. The molecule has 0 amide bonds. The van der Waals surface area contributed by atoms with E-state index in [0.29, 0.717) is 29.1 Å². The molecule has 0 aliphatic carbocycles. The largest absolute Gasteiger partial charge is 0.438 e. The number of rotatable bonds is 3. The van der Waals surface area contributed by atoms with Crippen LogP contribution in [0.2, 0.25) is 5.28 Å². The van der Waals surface area contributed by atoms with Crippen LogP contribution < -0.4 is 4.74 Å². The van der Waals surface area contributed by atoms with Gasteiger partial charge in [-0.25, -0.2) is 0 Å². The molecule has 98 valence electrons. The van der Waals surface area contributed by atoms with E-state index in [0.717, 1.165) is 5.56 Å². The molecule has 3 rings (SSSR count). The minimum Gasteiger partial charge on any atom is -0.438 e. The van der Waals surface area contributed by atoms with E-state index in [1.54, 1.807) is 18.3 Å². The topological polar surface area (TPSA) is 87.5 Å². The average Bonchev–Trinajstić information content (AvgIpc) is 2.89. The van der Waals surface area contributed by atoms with E-state index in [-0.39, 0.29) is 5.28 Å². The molecule has 1 N–H and O–H groups in total. The van der Waals surface area contributed by atoms with Crippen LogP contribution in [0.1, 0.15) is 5.56 Å². The van der Waals surface area contributed by atoms with Gasteiger partial charge in [0.1, 0.15) is 11.1 Å². The summed E-state index contributed by atoms with van der Waals surface area (Å²) in [5, 5.41) is 15.9. The van der Waals surface area contributed by atoms with Crippen LogP contribution in [-0.4, -0.2) is 20.2 Å². The quantitative estimate of drug-likeness (QED) is 0.748. The number of fused-ring (bicyclic) bond motifs is 1. The molecule has 0 bridgehead atoms. The first-order valence-electron chi connectivity index (χ1n) is 5.76. The van der Waals surface area contributed by atoms with Crippen molar-refractivity contribution in [1.82, 2.24) is 20.2 Å². The second kappa shape index (κ2) is 5.15. The lowest BCUT2D eigenvalue weighted by Gasteiger charge is -2.06. The molecular weight excluding hydrogens is 278 g/mol. The van der Waals surface area contributed by atoms with Crippen molar-refractivity contribution in [2.75, 3.05) is 0 Å². The summed E-state index contributed by atoms with van der Waals surface area (Å²) in [6.45, 7) is 0. The van der Waals surface area contributed by atoms with Gasteiger partial charge in [-0.05, 0) is 29.3 Å². The summed E-state index contributed by atoms with van der Waals surface area (Å²) in [5.41, 5.74) is 1.44. The molecule has 0 atom stereocenters. The zero-order valence-electron chi connectivity index (χ0n) is 10.2. The third-order valence-corrected chi connectivity index (χ3v) is 2.84. The lowest BCUT2D eigenvalue weighted by Crippen LogP contribution is -1.92. The Kier molecular flexibility index (Phi) is 3.19. The van der Waals surface area contributed by atoms with Crippen molar-refractivity contribution in [2.24, 2.45) is 0 Å². The van der Waals surface area contributed by atoms with Gasteiger partial charge in [-0.1, -0.05) is 12.1 Å². The van der Waals surface area contributed by atoms with Crippen LogP contribution in [0.4, 0.5) is 0 Å². The molecule has 1 aromatic carbocycles. The van der Waals surface area contributed by atoms with Crippen LogP contribution in [-0.2, 0) is 6.42 Å². The minimum atomic E-state index is 0.0813. The van der Waals surface area contributed by atoms with Crippen LogP contribution in [0, 0.1) is 11.3 Å². The van der Waals surface area contributed by atoms with Crippen LogP contribution in [0.3, 0.4) is 0 Å². The van der Waals surface area contributed by atoms with Gasteiger partial charge in [0.2, 0.25) is 11.2 Å². The maximum atomic E-state index is 8.63. The predicted octanol–water partition coefficient (Wildman–Crippen LogP) is 2.86. The maximum absolute atomic E-state index is 8.63. The minimum absolute atomic E-state index is 0.0813. The molecular formula is C13H8ClN5O. The Hall–Kier alpha value is -2.65. The maximum Gasteiger partial charge on any atom is 0.234 e. The van der Waals surface area contributed by atoms with Crippen LogP contribution in [0.15, 0.2) is 30.5 Å². The number of benzene rings is 1. The second-order valence-electron chi connectivity index (χ2n) is 4.01. The molecule has 3 aromatic rings. The van der Waals surface area contributed by atoms with Gasteiger partial charge in [0, 0.05) is 0 Å². The first kappa shape index (κ1) is 12.4. The van der Waals surface area contributed by atoms with Gasteiger partial charge in [-0.15, -0.1) is 0 Å². The normalized spacial score (nSPS) is 10.4.